The first kappa shape index (κ1) is 6.84. The maximum atomic E-state index is 10.5. The molecule has 0 saturated carbocycles. The van der Waals surface area contributed by atoms with Crippen LogP contribution < -0.4 is 0 Å². The quantitative estimate of drug-likeness (QED) is 0.692. The molecule has 4 heteroatoms. The van der Waals surface area contributed by atoms with Crippen molar-refractivity contribution in [3.63, 3.8) is 0 Å². The molecule has 0 aliphatic carbocycles. The van der Waals surface area contributed by atoms with Crippen LogP contribution in [0.15, 0.2) is 28.8 Å². The normalized spacial score (nSPS) is 10.3. The Labute approximate surface area is 67.4 Å². The van der Waals surface area contributed by atoms with Gasteiger partial charge >= 0.3 is 5.97 Å². The van der Waals surface area contributed by atoms with Gasteiger partial charge in [0.15, 0.2) is 0 Å². The van der Waals surface area contributed by atoms with Crippen LogP contribution in [0.3, 0.4) is 0 Å². The third-order valence-electron chi connectivity index (χ3n) is 1.58. The minimum absolute atomic E-state index is 0.106. The molecule has 0 aliphatic heterocycles. The predicted octanol–water partition coefficient (Wildman–Crippen LogP) is 1.53. The van der Waals surface area contributed by atoms with Crippen LogP contribution in [0.1, 0.15) is 10.6 Å². The van der Waals surface area contributed by atoms with E-state index in [0.29, 0.717) is 10.9 Å². The number of rotatable bonds is 1. The highest BCUT2D eigenvalue weighted by molar-refractivity contribution is 5.99. The first-order valence-electron chi connectivity index (χ1n) is 3.37. The van der Waals surface area contributed by atoms with E-state index in [4.69, 9.17) is 5.11 Å². The second-order valence-electron chi connectivity index (χ2n) is 2.33. The van der Waals surface area contributed by atoms with Crippen LogP contribution in [0, 0.1) is 0 Å². The van der Waals surface area contributed by atoms with Gasteiger partial charge in [-0.2, -0.15) is 0 Å². The van der Waals surface area contributed by atoms with E-state index >= 15 is 0 Å². The van der Waals surface area contributed by atoms with Gasteiger partial charge in [0, 0.05) is 0 Å². The standard InChI is InChI=1S/C8H5NO3/c10-8(11)7-5-3-1-2-4-6(5)9-12-7/h1-4H,(H,10,11). The Morgan fingerprint density at radius 1 is 1.42 bits per heavy atom. The predicted molar refractivity (Wildman–Crippen MR) is 41.0 cm³/mol. The molecule has 0 amide bonds. The van der Waals surface area contributed by atoms with Crippen LogP contribution in [0.5, 0.6) is 0 Å². The van der Waals surface area contributed by atoms with E-state index in [1.165, 1.54) is 0 Å². The lowest BCUT2D eigenvalue weighted by atomic mass is 10.2. The fourth-order valence-corrected chi connectivity index (χ4v) is 1.04. The fourth-order valence-electron chi connectivity index (χ4n) is 1.04. The first-order valence-corrected chi connectivity index (χ1v) is 3.37. The van der Waals surface area contributed by atoms with Crippen molar-refractivity contribution in [2.45, 2.75) is 0 Å². The van der Waals surface area contributed by atoms with E-state index in [1.54, 1.807) is 24.3 Å². The smallest absolute Gasteiger partial charge is 0.375 e. The molecule has 1 aromatic carbocycles. The molecule has 0 radical (unpaired) electrons. The molecule has 0 saturated heterocycles. The Hall–Kier alpha value is -1.84. The molecule has 12 heavy (non-hydrogen) atoms. The highest BCUT2D eigenvalue weighted by Crippen LogP contribution is 2.16. The van der Waals surface area contributed by atoms with Gasteiger partial charge in [0.2, 0.25) is 0 Å². The molecule has 0 atom stereocenters. The van der Waals surface area contributed by atoms with Crippen LogP contribution >= 0.6 is 0 Å². The molecule has 1 N–H and O–H groups in total. The molecule has 2 aromatic rings. The second kappa shape index (κ2) is 2.34. The minimum Gasteiger partial charge on any atom is -0.475 e. The first-order chi connectivity index (χ1) is 5.79. The largest absolute Gasteiger partial charge is 0.475 e. The number of carboxylic acids is 1. The van der Waals surface area contributed by atoms with Crippen LogP contribution in [0.25, 0.3) is 10.9 Å². The zero-order valence-corrected chi connectivity index (χ0v) is 6.02. The number of hydrogen-bond acceptors (Lipinski definition) is 3. The van der Waals surface area contributed by atoms with E-state index in [2.05, 4.69) is 9.68 Å². The number of nitrogens with zero attached hydrogens (tertiary/aromatic N) is 1. The lowest BCUT2D eigenvalue weighted by Gasteiger charge is -1.85. The summed E-state index contributed by atoms with van der Waals surface area (Å²) in [6.07, 6.45) is 0. The van der Waals surface area contributed by atoms with Crippen molar-refractivity contribution in [2.24, 2.45) is 0 Å². The third-order valence-corrected chi connectivity index (χ3v) is 1.58. The zero-order chi connectivity index (χ0) is 8.55. The summed E-state index contributed by atoms with van der Waals surface area (Å²) in [7, 11) is 0. The summed E-state index contributed by atoms with van der Waals surface area (Å²) < 4.78 is 4.63. The van der Waals surface area contributed by atoms with Crippen molar-refractivity contribution >= 4 is 16.9 Å². The molecule has 60 valence electrons. The van der Waals surface area contributed by atoms with Gasteiger partial charge in [0.25, 0.3) is 5.76 Å². The lowest BCUT2D eigenvalue weighted by molar-refractivity contribution is 0.0655. The van der Waals surface area contributed by atoms with Crippen LogP contribution in [-0.2, 0) is 0 Å². The molecule has 0 fully saturated rings. The zero-order valence-electron chi connectivity index (χ0n) is 6.02. The number of hydrogen-bond donors (Lipinski definition) is 1. The number of fused-ring (bicyclic) bond motifs is 1. The van der Waals surface area contributed by atoms with E-state index in [1.807, 2.05) is 0 Å². The number of carboxylic acid groups (broad SMARTS) is 1. The Morgan fingerprint density at radius 3 is 2.92 bits per heavy atom. The van der Waals surface area contributed by atoms with E-state index < -0.39 is 5.97 Å². The lowest BCUT2D eigenvalue weighted by Crippen LogP contribution is -1.93. The number of aromatic nitrogens is 1. The van der Waals surface area contributed by atoms with Crippen LogP contribution in [-0.4, -0.2) is 16.2 Å². The maximum absolute atomic E-state index is 10.5. The van der Waals surface area contributed by atoms with Gasteiger partial charge in [-0.3, -0.25) is 0 Å². The summed E-state index contributed by atoms with van der Waals surface area (Å²) in [6.45, 7) is 0. The molecular formula is C8H5NO3. The SMILES string of the molecule is O=C(O)c1onc2ccccc12. The van der Waals surface area contributed by atoms with E-state index in [0.717, 1.165) is 0 Å². The van der Waals surface area contributed by atoms with Crippen molar-refractivity contribution in [2.75, 3.05) is 0 Å². The summed E-state index contributed by atoms with van der Waals surface area (Å²) in [4.78, 5) is 10.5. The Kier molecular flexibility index (Phi) is 1.33. The van der Waals surface area contributed by atoms with Crippen molar-refractivity contribution in [3.05, 3.63) is 30.0 Å². The third kappa shape index (κ3) is 0.852. The van der Waals surface area contributed by atoms with Crippen molar-refractivity contribution in [1.82, 2.24) is 5.16 Å². The van der Waals surface area contributed by atoms with Crippen LogP contribution in [0.4, 0.5) is 0 Å². The van der Waals surface area contributed by atoms with Crippen molar-refractivity contribution in [1.29, 1.82) is 0 Å². The number of aromatic carboxylic acids is 1. The van der Waals surface area contributed by atoms with Crippen LogP contribution in [0.2, 0.25) is 0 Å². The molecule has 1 heterocycles. The van der Waals surface area contributed by atoms with E-state index in [9.17, 15) is 4.79 Å². The highest BCUT2D eigenvalue weighted by atomic mass is 16.5. The molecule has 0 unspecified atom stereocenters. The van der Waals surface area contributed by atoms with Gasteiger partial charge < -0.3 is 9.63 Å². The summed E-state index contributed by atoms with van der Waals surface area (Å²) in [5.41, 5.74) is 0.565. The number of carbonyl (C=O) groups is 1. The average molecular weight is 163 g/mol. The molecule has 0 bridgehead atoms. The summed E-state index contributed by atoms with van der Waals surface area (Å²) in [6, 6.07) is 6.88. The summed E-state index contributed by atoms with van der Waals surface area (Å²) in [5.74, 6) is -1.20. The summed E-state index contributed by atoms with van der Waals surface area (Å²) in [5, 5.41) is 12.8. The number of benzene rings is 1. The second-order valence-corrected chi connectivity index (χ2v) is 2.33. The molecule has 2 rings (SSSR count). The molecule has 0 spiro atoms. The average Bonchev–Trinajstić information content (AvgIpc) is 2.47. The Morgan fingerprint density at radius 2 is 2.17 bits per heavy atom. The van der Waals surface area contributed by atoms with E-state index in [-0.39, 0.29) is 5.76 Å². The van der Waals surface area contributed by atoms with Gasteiger partial charge in [-0.25, -0.2) is 4.79 Å². The Balaban J connectivity index is 2.79. The molecule has 1 aromatic heterocycles. The van der Waals surface area contributed by atoms with Gasteiger partial charge in [-0.1, -0.05) is 17.3 Å². The van der Waals surface area contributed by atoms with Crippen molar-refractivity contribution in [3.8, 4) is 0 Å². The molecule has 4 nitrogen and oxygen atoms in total. The maximum Gasteiger partial charge on any atom is 0.375 e. The summed E-state index contributed by atoms with van der Waals surface area (Å²) >= 11 is 0. The minimum atomic E-state index is -1.09. The van der Waals surface area contributed by atoms with Gasteiger partial charge in [0.05, 0.1) is 5.39 Å². The van der Waals surface area contributed by atoms with Gasteiger partial charge in [-0.15, -0.1) is 0 Å². The van der Waals surface area contributed by atoms with Gasteiger partial charge in [0.1, 0.15) is 5.52 Å². The monoisotopic (exact) mass is 163 g/mol. The van der Waals surface area contributed by atoms with Crippen molar-refractivity contribution < 1.29 is 14.4 Å². The topological polar surface area (TPSA) is 63.3 Å². The van der Waals surface area contributed by atoms with Gasteiger partial charge in [-0.05, 0) is 12.1 Å². The Bertz CT molecular complexity index is 433. The fraction of sp³-hybridized carbons (Fsp3) is 0. The molecule has 0 aliphatic rings. The highest BCUT2D eigenvalue weighted by Gasteiger charge is 2.13. The molecular weight excluding hydrogens is 158 g/mol.